The molecule has 6 heteroatoms. The molecule has 0 saturated carbocycles. The summed E-state index contributed by atoms with van der Waals surface area (Å²) in [6.45, 7) is 5.42. The Hall–Kier alpha value is -0.810. The van der Waals surface area contributed by atoms with Gasteiger partial charge in [0.15, 0.2) is 0 Å². The van der Waals surface area contributed by atoms with Crippen LogP contribution in [0.25, 0.3) is 0 Å². The molecule has 1 rings (SSSR count). The van der Waals surface area contributed by atoms with Gasteiger partial charge in [-0.05, 0) is 45.8 Å². The zero-order valence-corrected chi connectivity index (χ0v) is 10.9. The van der Waals surface area contributed by atoms with Gasteiger partial charge in [-0.3, -0.25) is 10.1 Å². The first-order valence-electron chi connectivity index (χ1n) is 6.04. The van der Waals surface area contributed by atoms with Crippen molar-refractivity contribution in [3.8, 4) is 0 Å². The molecule has 0 spiro atoms. The first-order valence-corrected chi connectivity index (χ1v) is 6.48. The van der Waals surface area contributed by atoms with Crippen LogP contribution < -0.4 is 10.6 Å². The topological polar surface area (TPSA) is 61.4 Å². The van der Waals surface area contributed by atoms with Gasteiger partial charge in [-0.2, -0.15) is 0 Å². The van der Waals surface area contributed by atoms with Crippen LogP contribution in [-0.4, -0.2) is 48.4 Å². The summed E-state index contributed by atoms with van der Waals surface area (Å²) in [7, 11) is 0. The van der Waals surface area contributed by atoms with E-state index in [0.29, 0.717) is 6.54 Å². The highest BCUT2D eigenvalue weighted by Gasteiger charge is 2.13. The first-order chi connectivity index (χ1) is 8.09. The van der Waals surface area contributed by atoms with E-state index in [9.17, 15) is 9.59 Å². The lowest BCUT2D eigenvalue weighted by Crippen LogP contribution is -2.42. The standard InChI is InChI=1S/C11H20ClN3O2/c1-9(12)10(16)14-11(17)13-5-4-8-15-6-2-3-7-15/h9H,2-8H2,1H3,(H2,13,14,16,17). The molecule has 0 radical (unpaired) electrons. The summed E-state index contributed by atoms with van der Waals surface area (Å²) in [5, 5.41) is 4.12. The monoisotopic (exact) mass is 261 g/mol. The summed E-state index contributed by atoms with van der Waals surface area (Å²) < 4.78 is 0. The van der Waals surface area contributed by atoms with E-state index in [-0.39, 0.29) is 0 Å². The van der Waals surface area contributed by atoms with Crippen molar-refractivity contribution in [1.82, 2.24) is 15.5 Å². The Morgan fingerprint density at radius 3 is 2.59 bits per heavy atom. The van der Waals surface area contributed by atoms with Crippen molar-refractivity contribution in [1.29, 1.82) is 0 Å². The third-order valence-electron chi connectivity index (χ3n) is 2.73. The Bertz CT molecular complexity index is 265. The zero-order chi connectivity index (χ0) is 12.7. The minimum Gasteiger partial charge on any atom is -0.338 e. The Morgan fingerprint density at radius 2 is 2.00 bits per heavy atom. The number of imide groups is 1. The summed E-state index contributed by atoms with van der Waals surface area (Å²) in [6, 6.07) is -0.469. The zero-order valence-electron chi connectivity index (χ0n) is 10.2. The van der Waals surface area contributed by atoms with Crippen molar-refractivity contribution in [3.05, 3.63) is 0 Å². The van der Waals surface area contributed by atoms with E-state index < -0.39 is 17.3 Å². The molecule has 0 bridgehead atoms. The maximum absolute atomic E-state index is 11.2. The summed E-state index contributed by atoms with van der Waals surface area (Å²) >= 11 is 5.52. The summed E-state index contributed by atoms with van der Waals surface area (Å²) in [4.78, 5) is 24.7. The Labute approximate surface area is 107 Å². The number of nitrogens with zero attached hydrogens (tertiary/aromatic N) is 1. The van der Waals surface area contributed by atoms with Gasteiger partial charge in [0, 0.05) is 6.54 Å². The number of halogens is 1. The minimum atomic E-state index is -0.689. The van der Waals surface area contributed by atoms with E-state index in [0.717, 1.165) is 26.1 Å². The fourth-order valence-corrected chi connectivity index (χ4v) is 1.82. The van der Waals surface area contributed by atoms with Gasteiger partial charge in [-0.1, -0.05) is 0 Å². The normalized spacial score (nSPS) is 17.8. The molecule has 3 amide bonds. The van der Waals surface area contributed by atoms with Crippen LogP contribution in [0.3, 0.4) is 0 Å². The number of amides is 3. The molecule has 1 aliphatic heterocycles. The van der Waals surface area contributed by atoms with Crippen LogP contribution in [0, 0.1) is 0 Å². The predicted octanol–water partition coefficient (Wildman–Crippen LogP) is 0.925. The van der Waals surface area contributed by atoms with Crippen molar-refractivity contribution >= 4 is 23.5 Å². The van der Waals surface area contributed by atoms with Gasteiger partial charge in [-0.15, -0.1) is 11.6 Å². The fourth-order valence-electron chi connectivity index (χ4n) is 1.77. The number of rotatable bonds is 5. The lowest BCUT2D eigenvalue weighted by atomic mass is 10.4. The van der Waals surface area contributed by atoms with Crippen molar-refractivity contribution in [2.24, 2.45) is 0 Å². The van der Waals surface area contributed by atoms with E-state index in [4.69, 9.17) is 11.6 Å². The largest absolute Gasteiger partial charge is 0.338 e. The quantitative estimate of drug-likeness (QED) is 0.572. The van der Waals surface area contributed by atoms with Crippen LogP contribution in [0.1, 0.15) is 26.2 Å². The molecule has 98 valence electrons. The smallest absolute Gasteiger partial charge is 0.321 e. The van der Waals surface area contributed by atoms with Gasteiger partial charge in [0.05, 0.1) is 0 Å². The summed E-state index contributed by atoms with van der Waals surface area (Å²) in [6.07, 6.45) is 3.45. The number of alkyl halides is 1. The molecule has 2 N–H and O–H groups in total. The molecular formula is C11H20ClN3O2. The van der Waals surface area contributed by atoms with Gasteiger partial charge >= 0.3 is 6.03 Å². The number of hydrogen-bond donors (Lipinski definition) is 2. The SMILES string of the molecule is CC(Cl)C(=O)NC(=O)NCCCN1CCCC1. The number of hydrogen-bond acceptors (Lipinski definition) is 3. The number of carbonyl (C=O) groups excluding carboxylic acids is 2. The number of carbonyl (C=O) groups is 2. The Morgan fingerprint density at radius 1 is 1.35 bits per heavy atom. The van der Waals surface area contributed by atoms with Crippen molar-refractivity contribution < 1.29 is 9.59 Å². The molecule has 1 saturated heterocycles. The highest BCUT2D eigenvalue weighted by Crippen LogP contribution is 2.06. The third kappa shape index (κ3) is 5.89. The molecule has 1 atom stereocenters. The second-order valence-corrected chi connectivity index (χ2v) is 4.92. The molecule has 1 unspecified atom stereocenters. The van der Waals surface area contributed by atoms with E-state index in [1.54, 1.807) is 0 Å². The van der Waals surface area contributed by atoms with E-state index in [1.165, 1.54) is 19.8 Å². The first kappa shape index (κ1) is 14.3. The average molecular weight is 262 g/mol. The molecule has 1 heterocycles. The molecular weight excluding hydrogens is 242 g/mol. The highest BCUT2D eigenvalue weighted by molar-refractivity contribution is 6.31. The van der Waals surface area contributed by atoms with Gasteiger partial charge in [-0.25, -0.2) is 4.79 Å². The van der Waals surface area contributed by atoms with E-state index in [1.807, 2.05) is 0 Å². The van der Waals surface area contributed by atoms with Crippen molar-refractivity contribution in [2.45, 2.75) is 31.6 Å². The molecule has 0 aromatic rings. The van der Waals surface area contributed by atoms with Crippen LogP contribution in [0.4, 0.5) is 4.79 Å². The Kier molecular flexibility index (Phi) is 6.29. The van der Waals surface area contributed by atoms with Crippen molar-refractivity contribution in [2.75, 3.05) is 26.2 Å². The Balaban J connectivity index is 2.01. The summed E-state index contributed by atoms with van der Waals surface area (Å²) in [5.74, 6) is -0.469. The van der Waals surface area contributed by atoms with Crippen LogP contribution in [-0.2, 0) is 4.79 Å². The fraction of sp³-hybridized carbons (Fsp3) is 0.818. The molecule has 1 aliphatic rings. The predicted molar refractivity (Wildman–Crippen MR) is 67.1 cm³/mol. The number of likely N-dealkylation sites (tertiary alicyclic amines) is 1. The number of urea groups is 1. The van der Waals surface area contributed by atoms with Gasteiger partial charge in [0.25, 0.3) is 0 Å². The van der Waals surface area contributed by atoms with Crippen molar-refractivity contribution in [3.63, 3.8) is 0 Å². The lowest BCUT2D eigenvalue weighted by Gasteiger charge is -2.14. The molecule has 0 aliphatic carbocycles. The van der Waals surface area contributed by atoms with E-state index in [2.05, 4.69) is 15.5 Å². The van der Waals surface area contributed by atoms with Crippen LogP contribution >= 0.6 is 11.6 Å². The van der Waals surface area contributed by atoms with Crippen LogP contribution in [0.2, 0.25) is 0 Å². The lowest BCUT2D eigenvalue weighted by molar-refractivity contribution is -0.119. The third-order valence-corrected chi connectivity index (χ3v) is 2.93. The average Bonchev–Trinajstić information content (AvgIpc) is 2.77. The van der Waals surface area contributed by atoms with Crippen LogP contribution in [0.5, 0.6) is 0 Å². The maximum Gasteiger partial charge on any atom is 0.321 e. The number of nitrogens with one attached hydrogen (secondary N) is 2. The molecule has 5 nitrogen and oxygen atoms in total. The van der Waals surface area contributed by atoms with Gasteiger partial charge in [0.2, 0.25) is 5.91 Å². The van der Waals surface area contributed by atoms with Gasteiger partial charge < -0.3 is 10.2 Å². The minimum absolute atomic E-state index is 0.469. The molecule has 1 fully saturated rings. The second-order valence-electron chi connectivity index (χ2n) is 4.26. The van der Waals surface area contributed by atoms with Crippen LogP contribution in [0.15, 0.2) is 0 Å². The van der Waals surface area contributed by atoms with Gasteiger partial charge in [0.1, 0.15) is 5.38 Å². The second kappa shape index (κ2) is 7.50. The van der Waals surface area contributed by atoms with E-state index >= 15 is 0 Å². The summed E-state index contributed by atoms with van der Waals surface area (Å²) in [5.41, 5.74) is 0. The molecule has 17 heavy (non-hydrogen) atoms. The molecule has 0 aromatic heterocycles. The molecule has 0 aromatic carbocycles. The highest BCUT2D eigenvalue weighted by atomic mass is 35.5. The maximum atomic E-state index is 11.2.